The first-order chi connectivity index (χ1) is 8.74. The van der Waals surface area contributed by atoms with Crippen LogP contribution in [0.25, 0.3) is 6.08 Å². The van der Waals surface area contributed by atoms with E-state index in [1.54, 1.807) is 7.11 Å². The average molecular weight is 244 g/mol. The SMILES string of the molecule is C/C=C(\C=C/N)/C=C/c1ccc(NC)cc1OC. The van der Waals surface area contributed by atoms with Gasteiger partial charge in [0.25, 0.3) is 0 Å². The Morgan fingerprint density at radius 1 is 1.33 bits per heavy atom. The number of benzene rings is 1. The fourth-order valence-corrected chi connectivity index (χ4v) is 1.55. The Hall–Kier alpha value is -2.16. The topological polar surface area (TPSA) is 47.3 Å². The van der Waals surface area contributed by atoms with Crippen LogP contribution in [0.15, 0.2) is 48.2 Å². The highest BCUT2D eigenvalue weighted by molar-refractivity contribution is 5.64. The molecule has 3 N–H and O–H groups in total. The van der Waals surface area contributed by atoms with E-state index in [4.69, 9.17) is 10.5 Å². The van der Waals surface area contributed by atoms with Gasteiger partial charge in [-0.05, 0) is 36.9 Å². The molecule has 0 aliphatic carbocycles. The molecule has 0 radical (unpaired) electrons. The number of methoxy groups -OCH3 is 1. The van der Waals surface area contributed by atoms with E-state index in [2.05, 4.69) is 5.32 Å². The lowest BCUT2D eigenvalue weighted by Crippen LogP contribution is -1.92. The Kier molecular flexibility index (Phi) is 5.58. The summed E-state index contributed by atoms with van der Waals surface area (Å²) in [5.41, 5.74) is 8.49. The Morgan fingerprint density at radius 3 is 2.67 bits per heavy atom. The Morgan fingerprint density at radius 2 is 2.11 bits per heavy atom. The number of ether oxygens (including phenoxy) is 1. The van der Waals surface area contributed by atoms with Gasteiger partial charge in [-0.1, -0.05) is 18.2 Å². The van der Waals surface area contributed by atoms with E-state index in [0.29, 0.717) is 0 Å². The van der Waals surface area contributed by atoms with E-state index in [1.165, 1.54) is 6.20 Å². The van der Waals surface area contributed by atoms with Gasteiger partial charge < -0.3 is 15.8 Å². The van der Waals surface area contributed by atoms with Crippen molar-refractivity contribution in [3.05, 3.63) is 53.8 Å². The molecule has 0 saturated heterocycles. The summed E-state index contributed by atoms with van der Waals surface area (Å²) in [6.45, 7) is 1.97. The van der Waals surface area contributed by atoms with Crippen molar-refractivity contribution in [2.45, 2.75) is 6.92 Å². The number of anilines is 1. The van der Waals surface area contributed by atoms with Gasteiger partial charge in [-0.15, -0.1) is 0 Å². The molecular weight excluding hydrogens is 224 g/mol. The molecule has 0 bridgehead atoms. The molecule has 0 aliphatic heterocycles. The zero-order valence-corrected chi connectivity index (χ0v) is 11.1. The van der Waals surface area contributed by atoms with E-state index in [1.807, 2.05) is 56.5 Å². The summed E-state index contributed by atoms with van der Waals surface area (Å²) in [5.74, 6) is 0.838. The molecule has 0 aromatic heterocycles. The summed E-state index contributed by atoms with van der Waals surface area (Å²) in [6, 6.07) is 5.99. The highest BCUT2D eigenvalue weighted by Crippen LogP contribution is 2.24. The highest BCUT2D eigenvalue weighted by Gasteiger charge is 2.00. The molecule has 1 rings (SSSR count). The molecule has 0 fully saturated rings. The van der Waals surface area contributed by atoms with Gasteiger partial charge in [-0.3, -0.25) is 0 Å². The molecule has 3 nitrogen and oxygen atoms in total. The summed E-state index contributed by atoms with van der Waals surface area (Å²) in [4.78, 5) is 0. The van der Waals surface area contributed by atoms with E-state index in [-0.39, 0.29) is 0 Å². The van der Waals surface area contributed by atoms with Crippen LogP contribution in [0.3, 0.4) is 0 Å². The molecule has 1 aromatic rings. The quantitative estimate of drug-likeness (QED) is 0.782. The van der Waals surface area contributed by atoms with Crippen molar-refractivity contribution in [3.63, 3.8) is 0 Å². The second-order valence-corrected chi connectivity index (χ2v) is 3.69. The first-order valence-corrected chi connectivity index (χ1v) is 5.83. The van der Waals surface area contributed by atoms with Crippen molar-refractivity contribution in [1.82, 2.24) is 0 Å². The molecule has 0 aliphatic rings. The summed E-state index contributed by atoms with van der Waals surface area (Å²) in [5, 5.41) is 3.08. The van der Waals surface area contributed by atoms with E-state index >= 15 is 0 Å². The minimum Gasteiger partial charge on any atom is -0.496 e. The molecule has 3 heteroatoms. The Balaban J connectivity index is 3.00. The van der Waals surface area contributed by atoms with Crippen LogP contribution in [0, 0.1) is 0 Å². The van der Waals surface area contributed by atoms with Crippen molar-refractivity contribution < 1.29 is 4.74 Å². The highest BCUT2D eigenvalue weighted by atomic mass is 16.5. The number of allylic oxidation sites excluding steroid dienone is 4. The van der Waals surface area contributed by atoms with Gasteiger partial charge in [0.1, 0.15) is 5.75 Å². The van der Waals surface area contributed by atoms with Gasteiger partial charge in [0.15, 0.2) is 0 Å². The zero-order chi connectivity index (χ0) is 13.4. The predicted molar refractivity (Wildman–Crippen MR) is 78.7 cm³/mol. The van der Waals surface area contributed by atoms with E-state index in [0.717, 1.165) is 22.6 Å². The summed E-state index contributed by atoms with van der Waals surface area (Å²) in [6.07, 6.45) is 9.38. The second-order valence-electron chi connectivity index (χ2n) is 3.69. The van der Waals surface area contributed by atoms with Crippen molar-refractivity contribution in [2.75, 3.05) is 19.5 Å². The minimum atomic E-state index is 0.838. The fourth-order valence-electron chi connectivity index (χ4n) is 1.55. The van der Waals surface area contributed by atoms with Crippen molar-refractivity contribution in [2.24, 2.45) is 5.73 Å². The molecule has 0 unspecified atom stereocenters. The normalized spacial score (nSPS) is 12.3. The summed E-state index contributed by atoms with van der Waals surface area (Å²) < 4.78 is 5.36. The van der Waals surface area contributed by atoms with Gasteiger partial charge in [0.2, 0.25) is 0 Å². The standard InChI is InChI=1S/C15H20N2O/c1-4-12(9-10-16)5-6-13-7-8-14(17-2)11-15(13)18-3/h4-11,17H,16H2,1-3H3/b6-5+,10-9-,12-4-. The van der Waals surface area contributed by atoms with Crippen LogP contribution in [-0.4, -0.2) is 14.2 Å². The maximum Gasteiger partial charge on any atom is 0.128 e. The number of hydrogen-bond donors (Lipinski definition) is 2. The van der Waals surface area contributed by atoms with Crippen molar-refractivity contribution >= 4 is 11.8 Å². The molecule has 96 valence electrons. The van der Waals surface area contributed by atoms with Crippen molar-refractivity contribution in [1.29, 1.82) is 0 Å². The first kappa shape index (κ1) is 13.9. The number of rotatable bonds is 5. The smallest absolute Gasteiger partial charge is 0.128 e. The van der Waals surface area contributed by atoms with Crippen LogP contribution in [0.1, 0.15) is 12.5 Å². The molecule has 0 saturated carbocycles. The number of hydrogen-bond acceptors (Lipinski definition) is 3. The van der Waals surface area contributed by atoms with Crippen molar-refractivity contribution in [3.8, 4) is 5.75 Å². The Labute approximate surface area is 109 Å². The van der Waals surface area contributed by atoms with Gasteiger partial charge in [0.05, 0.1) is 7.11 Å². The van der Waals surface area contributed by atoms with Crippen LogP contribution < -0.4 is 15.8 Å². The first-order valence-electron chi connectivity index (χ1n) is 5.83. The minimum absolute atomic E-state index is 0.838. The lowest BCUT2D eigenvalue weighted by atomic mass is 10.1. The largest absolute Gasteiger partial charge is 0.496 e. The van der Waals surface area contributed by atoms with Crippen LogP contribution in [0.4, 0.5) is 5.69 Å². The average Bonchev–Trinajstić information content (AvgIpc) is 2.43. The third-order valence-corrected chi connectivity index (χ3v) is 2.60. The van der Waals surface area contributed by atoms with Gasteiger partial charge >= 0.3 is 0 Å². The third-order valence-electron chi connectivity index (χ3n) is 2.60. The molecule has 0 spiro atoms. The van der Waals surface area contributed by atoms with Crippen LogP contribution in [-0.2, 0) is 0 Å². The predicted octanol–water partition coefficient (Wildman–Crippen LogP) is 3.17. The molecular formula is C15H20N2O. The van der Waals surface area contributed by atoms with Crippen LogP contribution >= 0.6 is 0 Å². The van der Waals surface area contributed by atoms with E-state index in [9.17, 15) is 0 Å². The molecule has 0 amide bonds. The molecule has 1 aromatic carbocycles. The monoisotopic (exact) mass is 244 g/mol. The number of nitrogens with two attached hydrogens (primary N) is 1. The lowest BCUT2D eigenvalue weighted by molar-refractivity contribution is 0.414. The maximum atomic E-state index is 5.38. The van der Waals surface area contributed by atoms with Gasteiger partial charge in [-0.25, -0.2) is 0 Å². The lowest BCUT2D eigenvalue weighted by Gasteiger charge is -2.07. The second kappa shape index (κ2) is 7.22. The van der Waals surface area contributed by atoms with Crippen LogP contribution in [0.5, 0.6) is 5.75 Å². The molecule has 18 heavy (non-hydrogen) atoms. The summed E-state index contributed by atoms with van der Waals surface area (Å²) >= 11 is 0. The maximum absolute atomic E-state index is 5.38. The van der Waals surface area contributed by atoms with Gasteiger partial charge in [0, 0.05) is 24.4 Å². The third kappa shape index (κ3) is 3.70. The Bertz CT molecular complexity index is 473. The van der Waals surface area contributed by atoms with Gasteiger partial charge in [-0.2, -0.15) is 0 Å². The summed E-state index contributed by atoms with van der Waals surface area (Å²) in [7, 11) is 3.55. The molecule has 0 heterocycles. The van der Waals surface area contributed by atoms with E-state index < -0.39 is 0 Å². The number of nitrogens with one attached hydrogen (secondary N) is 1. The molecule has 0 atom stereocenters. The fraction of sp³-hybridized carbons (Fsp3) is 0.200. The zero-order valence-electron chi connectivity index (χ0n) is 11.1. The van der Waals surface area contributed by atoms with Crippen LogP contribution in [0.2, 0.25) is 0 Å².